The molecule has 2 unspecified atom stereocenters. The largest absolute Gasteiger partial charge is 0.478 e. The molecule has 7 atom stereocenters. The van der Waals surface area contributed by atoms with Crippen molar-refractivity contribution in [1.82, 2.24) is 0 Å². The minimum atomic E-state index is -0.801. The monoisotopic (exact) mass is 454 g/mol. The molecule has 0 aliphatic heterocycles. The van der Waals surface area contributed by atoms with E-state index in [0.717, 1.165) is 32.1 Å². The first kappa shape index (κ1) is 24.7. The fourth-order valence-electron chi connectivity index (χ4n) is 9.32. The summed E-state index contributed by atoms with van der Waals surface area (Å²) in [5.41, 5.74) is 2.80. The Morgan fingerprint density at radius 1 is 1.15 bits per heavy atom. The minimum absolute atomic E-state index is 0.203. The average molecular weight is 455 g/mol. The van der Waals surface area contributed by atoms with E-state index >= 15 is 0 Å². The van der Waals surface area contributed by atoms with E-state index in [4.69, 9.17) is 5.11 Å². The van der Waals surface area contributed by atoms with E-state index < -0.39 is 5.97 Å². The van der Waals surface area contributed by atoms with Gasteiger partial charge in [0.05, 0.1) is 0 Å². The summed E-state index contributed by atoms with van der Waals surface area (Å²) >= 11 is 0. The zero-order chi connectivity index (χ0) is 24.4. The number of ketones is 1. The molecule has 3 saturated carbocycles. The van der Waals surface area contributed by atoms with Crippen molar-refractivity contribution < 1.29 is 14.7 Å². The van der Waals surface area contributed by atoms with Crippen LogP contribution in [0.4, 0.5) is 0 Å². The van der Waals surface area contributed by atoms with Gasteiger partial charge < -0.3 is 5.11 Å². The van der Waals surface area contributed by atoms with Gasteiger partial charge in [-0.05, 0) is 98.2 Å². The molecule has 0 aromatic heterocycles. The minimum Gasteiger partial charge on any atom is -0.478 e. The molecule has 184 valence electrons. The molecular formula is C30H46O3. The number of allylic oxidation sites excluding steroid dienone is 3. The van der Waals surface area contributed by atoms with E-state index in [9.17, 15) is 9.59 Å². The van der Waals surface area contributed by atoms with Gasteiger partial charge in [-0.25, -0.2) is 4.79 Å². The van der Waals surface area contributed by atoms with E-state index in [1.807, 2.05) is 6.08 Å². The van der Waals surface area contributed by atoms with Crippen LogP contribution in [-0.4, -0.2) is 16.9 Å². The molecule has 3 heteroatoms. The van der Waals surface area contributed by atoms with Gasteiger partial charge in [-0.15, -0.1) is 0 Å². The molecule has 0 bridgehead atoms. The smallest absolute Gasteiger partial charge is 0.330 e. The number of rotatable bonds is 5. The summed E-state index contributed by atoms with van der Waals surface area (Å²) in [5.74, 6) is 2.05. The number of aliphatic carboxylic acids is 1. The standard InChI is InChI=1S/C30H46O3/c1-19(9-8-10-20(2)26(32)33)21-13-17-30(7)23-11-12-24-27(3,4)25(31)15-16-28(24,5)22(23)14-18-29(21,30)6/h10-11,19,21-22,24H,8-9,12-18H2,1-7H3,(H,32,33)/b20-10+/t19-,21-,22?,24?,28-,29+,30-/m1/s1. The van der Waals surface area contributed by atoms with Gasteiger partial charge >= 0.3 is 5.97 Å². The highest BCUT2D eigenvalue weighted by molar-refractivity contribution is 5.86. The molecule has 33 heavy (non-hydrogen) atoms. The Kier molecular flexibility index (Phi) is 6.07. The molecule has 0 radical (unpaired) electrons. The molecule has 0 amide bonds. The second-order valence-corrected chi connectivity index (χ2v) is 13.3. The number of carboxylic acid groups (broad SMARTS) is 1. The van der Waals surface area contributed by atoms with Crippen LogP contribution >= 0.6 is 0 Å². The second-order valence-electron chi connectivity index (χ2n) is 13.3. The predicted molar refractivity (Wildman–Crippen MR) is 134 cm³/mol. The van der Waals surface area contributed by atoms with Crippen molar-refractivity contribution in [2.45, 2.75) is 106 Å². The average Bonchev–Trinajstić information content (AvgIpc) is 3.02. The van der Waals surface area contributed by atoms with E-state index in [1.165, 1.54) is 25.7 Å². The van der Waals surface area contributed by atoms with Gasteiger partial charge in [0.1, 0.15) is 5.78 Å². The molecule has 0 aromatic rings. The van der Waals surface area contributed by atoms with Gasteiger partial charge in [-0.1, -0.05) is 59.3 Å². The van der Waals surface area contributed by atoms with Crippen molar-refractivity contribution in [2.75, 3.05) is 0 Å². The SMILES string of the molecule is C/C(=C\CC[C@@H](C)[C@H]1CC[C@]2(C)C3=CCC4C(C)(C)C(=O)CC[C@]4(C)C3CC[C@@]12C)C(=O)O. The maximum Gasteiger partial charge on any atom is 0.330 e. The van der Waals surface area contributed by atoms with E-state index in [2.05, 4.69) is 47.6 Å². The Morgan fingerprint density at radius 2 is 1.85 bits per heavy atom. The van der Waals surface area contributed by atoms with Crippen LogP contribution in [0.1, 0.15) is 106 Å². The quantitative estimate of drug-likeness (QED) is 0.343. The van der Waals surface area contributed by atoms with Crippen molar-refractivity contribution >= 4 is 11.8 Å². The summed E-state index contributed by atoms with van der Waals surface area (Å²) in [6.45, 7) is 16.2. The number of carbonyl (C=O) groups excluding carboxylic acids is 1. The Morgan fingerprint density at radius 3 is 2.52 bits per heavy atom. The zero-order valence-electron chi connectivity index (χ0n) is 22.1. The van der Waals surface area contributed by atoms with Crippen molar-refractivity contribution in [3.8, 4) is 0 Å². The van der Waals surface area contributed by atoms with Crippen LogP contribution in [0.5, 0.6) is 0 Å². The lowest BCUT2D eigenvalue weighted by atomic mass is 9.41. The van der Waals surface area contributed by atoms with E-state index in [0.29, 0.717) is 40.4 Å². The molecule has 3 fully saturated rings. The Hall–Kier alpha value is -1.38. The molecule has 4 aliphatic carbocycles. The maximum absolute atomic E-state index is 12.8. The van der Waals surface area contributed by atoms with Crippen LogP contribution < -0.4 is 0 Å². The molecule has 0 spiro atoms. The highest BCUT2D eigenvalue weighted by Gasteiger charge is 2.65. The molecule has 0 aromatic carbocycles. The summed E-state index contributed by atoms with van der Waals surface area (Å²) in [7, 11) is 0. The highest BCUT2D eigenvalue weighted by atomic mass is 16.4. The van der Waals surface area contributed by atoms with Crippen molar-refractivity contribution in [3.63, 3.8) is 0 Å². The normalized spacial score (nSPS) is 43.2. The van der Waals surface area contributed by atoms with Crippen LogP contribution in [0.25, 0.3) is 0 Å². The molecule has 4 rings (SSSR count). The molecule has 0 heterocycles. The highest BCUT2D eigenvalue weighted by Crippen LogP contribution is 2.73. The van der Waals surface area contributed by atoms with Gasteiger partial charge in [0.15, 0.2) is 0 Å². The molecule has 3 nitrogen and oxygen atoms in total. The topological polar surface area (TPSA) is 54.4 Å². The number of carboxylic acids is 1. The molecule has 4 aliphatic rings. The van der Waals surface area contributed by atoms with Crippen LogP contribution in [-0.2, 0) is 9.59 Å². The lowest BCUT2D eigenvalue weighted by Gasteiger charge is -2.63. The third kappa shape index (κ3) is 3.50. The van der Waals surface area contributed by atoms with Crippen LogP contribution in [0.3, 0.4) is 0 Å². The zero-order valence-corrected chi connectivity index (χ0v) is 22.1. The third-order valence-electron chi connectivity index (χ3n) is 11.7. The van der Waals surface area contributed by atoms with E-state index in [1.54, 1.807) is 12.5 Å². The Bertz CT molecular complexity index is 894. The first-order chi connectivity index (χ1) is 15.3. The van der Waals surface area contributed by atoms with Gasteiger partial charge in [-0.2, -0.15) is 0 Å². The first-order valence-electron chi connectivity index (χ1n) is 13.4. The lowest BCUT2D eigenvalue weighted by Crippen LogP contribution is -2.57. The summed E-state index contributed by atoms with van der Waals surface area (Å²) < 4.78 is 0. The molecular weight excluding hydrogens is 408 g/mol. The van der Waals surface area contributed by atoms with Gasteiger partial charge in [0.2, 0.25) is 0 Å². The van der Waals surface area contributed by atoms with Crippen LogP contribution in [0, 0.1) is 45.3 Å². The number of hydrogen-bond acceptors (Lipinski definition) is 2. The predicted octanol–water partition coefficient (Wildman–Crippen LogP) is 7.61. The number of Topliss-reactive ketones (excluding diaryl/α,β-unsaturated/α-hetero) is 1. The Labute approximate surface area is 201 Å². The fourth-order valence-corrected chi connectivity index (χ4v) is 9.32. The van der Waals surface area contributed by atoms with Gasteiger partial charge in [0, 0.05) is 17.4 Å². The summed E-state index contributed by atoms with van der Waals surface area (Å²) in [4.78, 5) is 23.9. The summed E-state index contributed by atoms with van der Waals surface area (Å²) in [5, 5.41) is 9.16. The second kappa shape index (κ2) is 8.09. The van der Waals surface area contributed by atoms with Crippen molar-refractivity contribution in [2.24, 2.45) is 45.3 Å². The number of fused-ring (bicyclic) bond motifs is 5. The first-order valence-corrected chi connectivity index (χ1v) is 13.4. The van der Waals surface area contributed by atoms with Crippen LogP contribution in [0.15, 0.2) is 23.3 Å². The summed E-state index contributed by atoms with van der Waals surface area (Å²) in [6.07, 6.45) is 14.4. The summed E-state index contributed by atoms with van der Waals surface area (Å²) in [6, 6.07) is 0. The third-order valence-corrected chi connectivity index (χ3v) is 11.7. The number of hydrogen-bond donors (Lipinski definition) is 1. The van der Waals surface area contributed by atoms with Gasteiger partial charge in [-0.3, -0.25) is 4.79 Å². The lowest BCUT2D eigenvalue weighted by molar-refractivity contribution is -0.146. The van der Waals surface area contributed by atoms with Crippen molar-refractivity contribution in [1.29, 1.82) is 0 Å². The molecule has 1 N–H and O–H groups in total. The van der Waals surface area contributed by atoms with E-state index in [-0.39, 0.29) is 16.2 Å². The Balaban J connectivity index is 1.59. The number of carbonyl (C=O) groups is 2. The van der Waals surface area contributed by atoms with Crippen molar-refractivity contribution in [3.05, 3.63) is 23.3 Å². The van der Waals surface area contributed by atoms with Gasteiger partial charge in [0.25, 0.3) is 0 Å². The van der Waals surface area contributed by atoms with Crippen LogP contribution in [0.2, 0.25) is 0 Å². The fraction of sp³-hybridized carbons (Fsp3) is 0.800. The molecule has 0 saturated heterocycles. The maximum atomic E-state index is 12.8.